The summed E-state index contributed by atoms with van der Waals surface area (Å²) >= 11 is 3.58. The summed E-state index contributed by atoms with van der Waals surface area (Å²) in [6.07, 6.45) is 2.29. The van der Waals surface area contributed by atoms with Crippen LogP contribution in [0.3, 0.4) is 0 Å². The van der Waals surface area contributed by atoms with Crippen LogP contribution < -0.4 is 5.73 Å². The molecule has 0 amide bonds. The van der Waals surface area contributed by atoms with Crippen LogP contribution in [-0.2, 0) is 0 Å². The zero-order chi connectivity index (χ0) is 13.8. The summed E-state index contributed by atoms with van der Waals surface area (Å²) in [6, 6.07) is 9.09. The second kappa shape index (κ2) is 6.84. The molecule has 0 radical (unpaired) electrons. The first-order valence-electron chi connectivity index (χ1n) is 6.96. The zero-order valence-corrected chi connectivity index (χ0v) is 13.4. The van der Waals surface area contributed by atoms with Gasteiger partial charge in [-0.2, -0.15) is 0 Å². The standard InChI is InChI=1S/C15H24BrN3/c1-18(2)12-7-9-19(11-12)10-8-15(17)13-5-3-4-6-14(13)16/h3-6,12,15H,7-11,17H2,1-2H3. The Bertz CT molecular complexity index is 408. The molecule has 2 unspecified atom stereocenters. The molecule has 0 saturated carbocycles. The highest BCUT2D eigenvalue weighted by Crippen LogP contribution is 2.24. The highest BCUT2D eigenvalue weighted by Gasteiger charge is 2.24. The van der Waals surface area contributed by atoms with E-state index >= 15 is 0 Å². The maximum absolute atomic E-state index is 6.30. The Balaban J connectivity index is 1.82. The minimum atomic E-state index is 0.119. The van der Waals surface area contributed by atoms with Crippen molar-refractivity contribution >= 4 is 15.9 Å². The summed E-state index contributed by atoms with van der Waals surface area (Å²) in [5.74, 6) is 0. The van der Waals surface area contributed by atoms with E-state index < -0.39 is 0 Å². The van der Waals surface area contributed by atoms with Gasteiger partial charge >= 0.3 is 0 Å². The number of hydrogen-bond donors (Lipinski definition) is 1. The van der Waals surface area contributed by atoms with Crippen LogP contribution in [0.5, 0.6) is 0 Å². The number of benzene rings is 1. The zero-order valence-electron chi connectivity index (χ0n) is 11.8. The first-order chi connectivity index (χ1) is 9.08. The molecule has 1 aromatic rings. The third kappa shape index (κ3) is 4.02. The van der Waals surface area contributed by atoms with Gasteiger partial charge in [0.15, 0.2) is 0 Å². The van der Waals surface area contributed by atoms with Gasteiger partial charge in [0, 0.05) is 29.6 Å². The van der Waals surface area contributed by atoms with Crippen molar-refractivity contribution in [2.45, 2.75) is 24.9 Å². The summed E-state index contributed by atoms with van der Waals surface area (Å²) < 4.78 is 1.12. The van der Waals surface area contributed by atoms with E-state index in [1.807, 2.05) is 6.07 Å². The van der Waals surface area contributed by atoms with E-state index in [1.54, 1.807) is 0 Å². The summed E-state index contributed by atoms with van der Waals surface area (Å²) in [7, 11) is 4.34. The lowest BCUT2D eigenvalue weighted by atomic mass is 10.0. The van der Waals surface area contributed by atoms with Crippen molar-refractivity contribution in [1.82, 2.24) is 9.80 Å². The van der Waals surface area contributed by atoms with Gasteiger partial charge in [-0.25, -0.2) is 0 Å². The first-order valence-corrected chi connectivity index (χ1v) is 7.76. The van der Waals surface area contributed by atoms with Crippen molar-refractivity contribution in [3.05, 3.63) is 34.3 Å². The Morgan fingerprint density at radius 1 is 1.42 bits per heavy atom. The maximum Gasteiger partial charge on any atom is 0.0318 e. The van der Waals surface area contributed by atoms with E-state index in [2.05, 4.69) is 58.0 Å². The van der Waals surface area contributed by atoms with Crippen LogP contribution in [0.15, 0.2) is 28.7 Å². The van der Waals surface area contributed by atoms with Gasteiger partial charge in [-0.1, -0.05) is 34.1 Å². The molecule has 106 valence electrons. The normalized spacial score (nSPS) is 22.1. The second-order valence-electron chi connectivity index (χ2n) is 5.62. The van der Waals surface area contributed by atoms with E-state index in [9.17, 15) is 0 Å². The third-order valence-electron chi connectivity index (χ3n) is 4.04. The maximum atomic E-state index is 6.30. The molecule has 1 heterocycles. The Morgan fingerprint density at radius 2 is 2.16 bits per heavy atom. The molecular formula is C15H24BrN3. The fourth-order valence-corrected chi connectivity index (χ4v) is 3.27. The van der Waals surface area contributed by atoms with E-state index in [-0.39, 0.29) is 6.04 Å². The van der Waals surface area contributed by atoms with E-state index in [0.717, 1.165) is 17.4 Å². The lowest BCUT2D eigenvalue weighted by Gasteiger charge is -2.22. The minimum Gasteiger partial charge on any atom is -0.324 e. The van der Waals surface area contributed by atoms with Crippen LogP contribution in [0, 0.1) is 0 Å². The molecular weight excluding hydrogens is 302 g/mol. The van der Waals surface area contributed by atoms with Crippen molar-refractivity contribution in [2.75, 3.05) is 33.7 Å². The first kappa shape index (κ1) is 15.0. The van der Waals surface area contributed by atoms with Gasteiger partial charge in [-0.05, 0) is 45.1 Å². The van der Waals surface area contributed by atoms with Gasteiger partial charge in [0.1, 0.15) is 0 Å². The fraction of sp³-hybridized carbons (Fsp3) is 0.600. The van der Waals surface area contributed by atoms with Crippen molar-refractivity contribution in [3.63, 3.8) is 0 Å². The smallest absolute Gasteiger partial charge is 0.0318 e. The van der Waals surface area contributed by atoms with E-state index in [0.29, 0.717) is 6.04 Å². The number of nitrogens with two attached hydrogens (primary N) is 1. The fourth-order valence-electron chi connectivity index (χ4n) is 2.69. The van der Waals surface area contributed by atoms with Gasteiger partial charge in [0.05, 0.1) is 0 Å². The predicted molar refractivity (Wildman–Crippen MR) is 84.2 cm³/mol. The quantitative estimate of drug-likeness (QED) is 0.902. The van der Waals surface area contributed by atoms with Gasteiger partial charge in [0.25, 0.3) is 0 Å². The van der Waals surface area contributed by atoms with Crippen molar-refractivity contribution in [1.29, 1.82) is 0 Å². The number of nitrogens with zero attached hydrogens (tertiary/aromatic N) is 2. The van der Waals surface area contributed by atoms with Crippen LogP contribution in [0.25, 0.3) is 0 Å². The number of likely N-dealkylation sites (N-methyl/N-ethyl adjacent to an activating group) is 1. The molecule has 1 saturated heterocycles. The molecule has 1 aliphatic rings. The second-order valence-corrected chi connectivity index (χ2v) is 6.48. The molecule has 0 aliphatic carbocycles. The molecule has 1 aliphatic heterocycles. The Kier molecular flexibility index (Phi) is 5.39. The molecule has 4 heteroatoms. The molecule has 1 fully saturated rings. The van der Waals surface area contributed by atoms with Crippen molar-refractivity contribution in [3.8, 4) is 0 Å². The lowest BCUT2D eigenvalue weighted by molar-refractivity contribution is 0.263. The van der Waals surface area contributed by atoms with Gasteiger partial charge in [0.2, 0.25) is 0 Å². The summed E-state index contributed by atoms with van der Waals surface area (Å²) in [5, 5.41) is 0. The minimum absolute atomic E-state index is 0.119. The van der Waals surface area contributed by atoms with Gasteiger partial charge < -0.3 is 15.5 Å². The SMILES string of the molecule is CN(C)C1CCN(CCC(N)c2ccccc2Br)C1. The molecule has 3 nitrogen and oxygen atoms in total. The number of halogens is 1. The topological polar surface area (TPSA) is 32.5 Å². The summed E-state index contributed by atoms with van der Waals surface area (Å²) in [4.78, 5) is 4.86. The molecule has 2 N–H and O–H groups in total. The third-order valence-corrected chi connectivity index (χ3v) is 4.76. The predicted octanol–water partition coefficient (Wildman–Crippen LogP) is 2.47. The molecule has 0 aromatic heterocycles. The lowest BCUT2D eigenvalue weighted by Crippen LogP contribution is -2.32. The average molecular weight is 326 g/mol. The van der Waals surface area contributed by atoms with Crippen LogP contribution in [0.2, 0.25) is 0 Å². The van der Waals surface area contributed by atoms with Gasteiger partial charge in [-0.3, -0.25) is 0 Å². The highest BCUT2D eigenvalue weighted by molar-refractivity contribution is 9.10. The van der Waals surface area contributed by atoms with Crippen LogP contribution in [0.4, 0.5) is 0 Å². The summed E-state index contributed by atoms with van der Waals surface area (Å²) in [6.45, 7) is 3.47. The van der Waals surface area contributed by atoms with E-state index in [4.69, 9.17) is 5.73 Å². The molecule has 0 spiro atoms. The van der Waals surface area contributed by atoms with Crippen molar-refractivity contribution < 1.29 is 0 Å². The van der Waals surface area contributed by atoms with Crippen LogP contribution in [0.1, 0.15) is 24.4 Å². The van der Waals surface area contributed by atoms with Gasteiger partial charge in [-0.15, -0.1) is 0 Å². The number of likely N-dealkylation sites (tertiary alicyclic amines) is 1. The summed E-state index contributed by atoms with van der Waals surface area (Å²) in [5.41, 5.74) is 7.52. The van der Waals surface area contributed by atoms with E-state index in [1.165, 1.54) is 25.1 Å². The Hall–Kier alpha value is -0.420. The monoisotopic (exact) mass is 325 g/mol. The average Bonchev–Trinajstić information content (AvgIpc) is 2.85. The molecule has 0 bridgehead atoms. The largest absolute Gasteiger partial charge is 0.324 e. The van der Waals surface area contributed by atoms with Crippen LogP contribution >= 0.6 is 15.9 Å². The number of rotatable bonds is 5. The molecule has 19 heavy (non-hydrogen) atoms. The number of hydrogen-bond acceptors (Lipinski definition) is 3. The Morgan fingerprint density at radius 3 is 2.79 bits per heavy atom. The Labute approximate surface area is 124 Å². The molecule has 1 aromatic carbocycles. The van der Waals surface area contributed by atoms with Crippen LogP contribution in [-0.4, -0.2) is 49.6 Å². The van der Waals surface area contributed by atoms with Crippen molar-refractivity contribution in [2.24, 2.45) is 5.73 Å². The highest BCUT2D eigenvalue weighted by atomic mass is 79.9. The molecule has 2 rings (SSSR count). The molecule has 2 atom stereocenters.